The lowest BCUT2D eigenvalue weighted by atomic mass is 10.3. The Kier molecular flexibility index (Phi) is 3.27. The number of hydrogen-bond acceptors (Lipinski definition) is 3. The zero-order valence-electron chi connectivity index (χ0n) is 7.70. The van der Waals surface area contributed by atoms with Crippen LogP contribution in [-0.4, -0.2) is 44.5 Å². The van der Waals surface area contributed by atoms with E-state index in [0.717, 1.165) is 12.1 Å². The molecule has 0 atom stereocenters. The van der Waals surface area contributed by atoms with Gasteiger partial charge in [-0.15, -0.1) is 0 Å². The molecule has 1 aliphatic rings. The largest absolute Gasteiger partial charge is 0.297 e. The molecule has 1 saturated heterocycles. The lowest BCUT2D eigenvalue weighted by Crippen LogP contribution is -2.40. The maximum atomic E-state index is 11.1. The zero-order chi connectivity index (χ0) is 9.90. The van der Waals surface area contributed by atoms with Gasteiger partial charge in [-0.3, -0.25) is 4.90 Å². The number of hydrogen-bond donors (Lipinski definition) is 0. The molecule has 0 amide bonds. The SMILES string of the molecule is C=CC(=C)CN1CCS(=O)(=O)CC1. The minimum absolute atomic E-state index is 0.275. The summed E-state index contributed by atoms with van der Waals surface area (Å²) < 4.78 is 22.2. The second-order valence-electron chi connectivity index (χ2n) is 3.29. The maximum Gasteiger partial charge on any atom is 0.152 e. The lowest BCUT2D eigenvalue weighted by Gasteiger charge is -2.26. The van der Waals surface area contributed by atoms with Gasteiger partial charge in [0.15, 0.2) is 9.84 Å². The fourth-order valence-corrected chi connectivity index (χ4v) is 2.54. The third kappa shape index (κ3) is 3.32. The Bertz CT molecular complexity index is 292. The van der Waals surface area contributed by atoms with E-state index in [4.69, 9.17) is 0 Å². The van der Waals surface area contributed by atoms with Gasteiger partial charge in [-0.2, -0.15) is 0 Å². The molecular weight excluding hydrogens is 186 g/mol. The summed E-state index contributed by atoms with van der Waals surface area (Å²) in [5.41, 5.74) is 0.944. The van der Waals surface area contributed by atoms with Crippen molar-refractivity contribution in [3.8, 4) is 0 Å². The summed E-state index contributed by atoms with van der Waals surface area (Å²) in [6.45, 7) is 9.38. The Morgan fingerprint density at radius 2 is 1.92 bits per heavy atom. The molecule has 0 spiro atoms. The molecule has 0 radical (unpaired) electrons. The van der Waals surface area contributed by atoms with Crippen LogP contribution in [0.15, 0.2) is 24.8 Å². The van der Waals surface area contributed by atoms with Gasteiger partial charge in [-0.25, -0.2) is 8.42 Å². The summed E-state index contributed by atoms with van der Waals surface area (Å²) in [6.07, 6.45) is 1.71. The number of nitrogens with zero attached hydrogens (tertiary/aromatic N) is 1. The maximum absolute atomic E-state index is 11.1. The minimum atomic E-state index is -2.76. The number of rotatable bonds is 3. The van der Waals surface area contributed by atoms with Crippen LogP contribution in [0.4, 0.5) is 0 Å². The van der Waals surface area contributed by atoms with E-state index in [1.807, 2.05) is 0 Å². The molecule has 1 fully saturated rings. The quantitative estimate of drug-likeness (QED) is 0.622. The molecule has 0 aliphatic carbocycles. The van der Waals surface area contributed by atoms with Crippen LogP contribution < -0.4 is 0 Å². The summed E-state index contributed by atoms with van der Waals surface area (Å²) in [5, 5.41) is 0. The first-order valence-electron chi connectivity index (χ1n) is 4.26. The average molecular weight is 201 g/mol. The highest BCUT2D eigenvalue weighted by atomic mass is 32.2. The van der Waals surface area contributed by atoms with Crippen molar-refractivity contribution in [3.63, 3.8) is 0 Å². The Morgan fingerprint density at radius 3 is 2.38 bits per heavy atom. The molecule has 0 aromatic carbocycles. The second kappa shape index (κ2) is 4.07. The summed E-state index contributed by atoms with van der Waals surface area (Å²) in [5.74, 6) is 0.550. The highest BCUT2D eigenvalue weighted by Crippen LogP contribution is 2.05. The van der Waals surface area contributed by atoms with Crippen molar-refractivity contribution in [1.82, 2.24) is 4.90 Å². The van der Waals surface area contributed by atoms with E-state index >= 15 is 0 Å². The number of sulfone groups is 1. The average Bonchev–Trinajstić information content (AvgIpc) is 2.08. The molecule has 1 rings (SSSR count). The predicted octanol–water partition coefficient (Wildman–Crippen LogP) is 0.459. The van der Waals surface area contributed by atoms with Gasteiger partial charge in [0.1, 0.15) is 0 Å². The first-order chi connectivity index (χ1) is 6.03. The summed E-state index contributed by atoms with van der Waals surface area (Å²) in [4.78, 5) is 2.09. The highest BCUT2D eigenvalue weighted by Gasteiger charge is 2.20. The van der Waals surface area contributed by atoms with Crippen LogP contribution in [-0.2, 0) is 9.84 Å². The van der Waals surface area contributed by atoms with Crippen LogP contribution in [0.1, 0.15) is 0 Å². The van der Waals surface area contributed by atoms with Crippen molar-refractivity contribution in [2.24, 2.45) is 0 Å². The van der Waals surface area contributed by atoms with Gasteiger partial charge in [0.2, 0.25) is 0 Å². The van der Waals surface area contributed by atoms with Gasteiger partial charge in [0.25, 0.3) is 0 Å². The van der Waals surface area contributed by atoms with Crippen molar-refractivity contribution >= 4 is 9.84 Å². The fraction of sp³-hybridized carbons (Fsp3) is 0.556. The van der Waals surface area contributed by atoms with Gasteiger partial charge in [-0.1, -0.05) is 19.2 Å². The topological polar surface area (TPSA) is 37.4 Å². The van der Waals surface area contributed by atoms with Crippen LogP contribution in [0.2, 0.25) is 0 Å². The third-order valence-electron chi connectivity index (χ3n) is 2.15. The molecule has 0 unspecified atom stereocenters. The molecule has 0 saturated carbocycles. The van der Waals surface area contributed by atoms with E-state index in [1.165, 1.54) is 0 Å². The minimum Gasteiger partial charge on any atom is -0.297 e. The lowest BCUT2D eigenvalue weighted by molar-refractivity contribution is 0.322. The van der Waals surface area contributed by atoms with Crippen molar-refractivity contribution in [1.29, 1.82) is 0 Å². The van der Waals surface area contributed by atoms with Crippen molar-refractivity contribution in [2.75, 3.05) is 31.1 Å². The third-order valence-corrected chi connectivity index (χ3v) is 3.76. The van der Waals surface area contributed by atoms with E-state index in [0.29, 0.717) is 13.1 Å². The first-order valence-corrected chi connectivity index (χ1v) is 6.08. The van der Waals surface area contributed by atoms with Gasteiger partial charge in [0.05, 0.1) is 11.5 Å². The smallest absolute Gasteiger partial charge is 0.152 e. The zero-order valence-corrected chi connectivity index (χ0v) is 8.52. The van der Waals surface area contributed by atoms with Crippen LogP contribution >= 0.6 is 0 Å². The Hall–Kier alpha value is -0.610. The summed E-state index contributed by atoms with van der Waals surface area (Å²) >= 11 is 0. The van der Waals surface area contributed by atoms with E-state index in [1.54, 1.807) is 6.08 Å². The normalized spacial score (nSPS) is 22.5. The van der Waals surface area contributed by atoms with Crippen molar-refractivity contribution in [2.45, 2.75) is 0 Å². The standard InChI is InChI=1S/C9H15NO2S/c1-3-9(2)8-10-4-6-13(11,12)7-5-10/h3H,1-2,4-8H2. The molecule has 0 aromatic heterocycles. The monoisotopic (exact) mass is 201 g/mol. The van der Waals surface area contributed by atoms with E-state index in [2.05, 4.69) is 18.1 Å². The Morgan fingerprint density at radius 1 is 1.38 bits per heavy atom. The van der Waals surface area contributed by atoms with Gasteiger partial charge in [0, 0.05) is 19.6 Å². The molecule has 0 bridgehead atoms. The summed E-state index contributed by atoms with van der Waals surface area (Å²) in [7, 11) is -2.76. The predicted molar refractivity (Wildman–Crippen MR) is 54.4 cm³/mol. The van der Waals surface area contributed by atoms with Gasteiger partial charge < -0.3 is 0 Å². The first kappa shape index (κ1) is 10.5. The van der Waals surface area contributed by atoms with E-state index < -0.39 is 9.84 Å². The van der Waals surface area contributed by atoms with Crippen LogP contribution in [0, 0.1) is 0 Å². The van der Waals surface area contributed by atoms with E-state index in [9.17, 15) is 8.42 Å². The van der Waals surface area contributed by atoms with Crippen molar-refractivity contribution < 1.29 is 8.42 Å². The Labute approximate surface area is 79.7 Å². The molecule has 3 nitrogen and oxygen atoms in total. The molecule has 1 aliphatic heterocycles. The molecule has 74 valence electrons. The van der Waals surface area contributed by atoms with Crippen LogP contribution in [0.3, 0.4) is 0 Å². The molecular formula is C9H15NO2S. The summed E-state index contributed by atoms with van der Waals surface area (Å²) in [6, 6.07) is 0. The van der Waals surface area contributed by atoms with Crippen LogP contribution in [0.5, 0.6) is 0 Å². The highest BCUT2D eigenvalue weighted by molar-refractivity contribution is 7.91. The fourth-order valence-electron chi connectivity index (χ4n) is 1.26. The molecule has 1 heterocycles. The molecule has 4 heteroatoms. The molecule has 0 N–H and O–H groups in total. The Balaban J connectivity index is 2.42. The van der Waals surface area contributed by atoms with Crippen molar-refractivity contribution in [3.05, 3.63) is 24.8 Å². The van der Waals surface area contributed by atoms with E-state index in [-0.39, 0.29) is 11.5 Å². The van der Waals surface area contributed by atoms with Gasteiger partial charge >= 0.3 is 0 Å². The molecule has 0 aromatic rings. The molecule has 13 heavy (non-hydrogen) atoms. The van der Waals surface area contributed by atoms with Gasteiger partial charge in [-0.05, 0) is 5.57 Å². The van der Waals surface area contributed by atoms with Crippen LogP contribution in [0.25, 0.3) is 0 Å². The second-order valence-corrected chi connectivity index (χ2v) is 5.59.